The molecule has 0 unspecified atom stereocenters. The van der Waals surface area contributed by atoms with Gasteiger partial charge in [0.1, 0.15) is 5.02 Å². The number of nitrogens with one attached hydrogen (secondary N) is 1. The van der Waals surface area contributed by atoms with E-state index in [9.17, 15) is 18.9 Å². The van der Waals surface area contributed by atoms with Gasteiger partial charge in [-0.15, -0.1) is 0 Å². The molecule has 0 amide bonds. The van der Waals surface area contributed by atoms with Crippen molar-refractivity contribution >= 4 is 23.0 Å². The molecule has 110 valence electrons. The Labute approximate surface area is 124 Å². The van der Waals surface area contributed by atoms with Crippen LogP contribution in [0.4, 0.5) is 20.2 Å². The molecule has 0 heterocycles. The van der Waals surface area contributed by atoms with Crippen LogP contribution < -0.4 is 5.32 Å². The van der Waals surface area contributed by atoms with Crippen molar-refractivity contribution < 1.29 is 13.7 Å². The number of nitro benzene ring substituents is 1. The number of nitro groups is 1. The van der Waals surface area contributed by atoms with E-state index in [0.717, 1.165) is 12.1 Å². The molecule has 0 fully saturated rings. The molecule has 0 spiro atoms. The van der Waals surface area contributed by atoms with E-state index < -0.39 is 16.6 Å². The minimum Gasteiger partial charge on any atom is -0.381 e. The van der Waals surface area contributed by atoms with Crippen LogP contribution in [0.2, 0.25) is 5.02 Å². The molecule has 4 nitrogen and oxygen atoms in total. The Bertz CT molecular complexity index is 708. The van der Waals surface area contributed by atoms with Crippen LogP contribution in [0.25, 0.3) is 0 Å². The molecular weight excluding hydrogens is 302 g/mol. The Balaban J connectivity index is 2.18. The molecule has 2 aromatic carbocycles. The molecule has 0 saturated carbocycles. The molecule has 0 atom stereocenters. The lowest BCUT2D eigenvalue weighted by Crippen LogP contribution is -2.03. The van der Waals surface area contributed by atoms with Gasteiger partial charge in [0.05, 0.1) is 4.92 Å². The fourth-order valence-corrected chi connectivity index (χ4v) is 2.08. The van der Waals surface area contributed by atoms with Crippen molar-refractivity contribution in [3.05, 3.63) is 68.2 Å². The average Bonchev–Trinajstić information content (AvgIpc) is 2.42. The summed E-state index contributed by atoms with van der Waals surface area (Å²) in [5, 5.41) is 13.8. The standard InChI is InChI=1S/C14H11ClF2N2O2/c1-8-4-14(19(20)21)10(15)6-13(8)18-7-9-2-3-11(16)12(17)5-9/h2-6,18H,7H2,1H3. The summed E-state index contributed by atoms with van der Waals surface area (Å²) >= 11 is 5.83. The monoisotopic (exact) mass is 312 g/mol. The number of hydrogen-bond donors (Lipinski definition) is 1. The molecular formula is C14H11ClF2N2O2. The van der Waals surface area contributed by atoms with Crippen molar-refractivity contribution in [3.8, 4) is 0 Å². The molecule has 0 aliphatic heterocycles. The van der Waals surface area contributed by atoms with E-state index in [-0.39, 0.29) is 17.3 Å². The van der Waals surface area contributed by atoms with Crippen LogP contribution in [0.1, 0.15) is 11.1 Å². The Kier molecular flexibility index (Phi) is 4.37. The van der Waals surface area contributed by atoms with E-state index >= 15 is 0 Å². The van der Waals surface area contributed by atoms with Gasteiger partial charge in [0, 0.05) is 18.3 Å². The molecule has 7 heteroatoms. The van der Waals surface area contributed by atoms with Crippen molar-refractivity contribution in [2.75, 3.05) is 5.32 Å². The predicted octanol–water partition coefficient (Wildman–Crippen LogP) is 4.45. The summed E-state index contributed by atoms with van der Waals surface area (Å²) in [6.07, 6.45) is 0. The number of nitrogens with zero attached hydrogens (tertiary/aromatic N) is 1. The van der Waals surface area contributed by atoms with Gasteiger partial charge in [-0.3, -0.25) is 10.1 Å². The molecule has 1 N–H and O–H groups in total. The Morgan fingerprint density at radius 1 is 1.24 bits per heavy atom. The SMILES string of the molecule is Cc1cc([N+](=O)[O-])c(Cl)cc1NCc1ccc(F)c(F)c1. The van der Waals surface area contributed by atoms with Crippen LogP contribution in [-0.2, 0) is 6.54 Å². The van der Waals surface area contributed by atoms with E-state index in [2.05, 4.69) is 5.32 Å². The smallest absolute Gasteiger partial charge is 0.288 e. The first-order valence-electron chi connectivity index (χ1n) is 6.01. The van der Waals surface area contributed by atoms with Gasteiger partial charge in [0.25, 0.3) is 5.69 Å². The first-order valence-corrected chi connectivity index (χ1v) is 6.38. The maximum absolute atomic E-state index is 13.1. The lowest BCUT2D eigenvalue weighted by Gasteiger charge is -2.10. The highest BCUT2D eigenvalue weighted by atomic mass is 35.5. The van der Waals surface area contributed by atoms with Gasteiger partial charge in [0.2, 0.25) is 0 Å². The summed E-state index contributed by atoms with van der Waals surface area (Å²) in [4.78, 5) is 10.2. The number of aryl methyl sites for hydroxylation is 1. The quantitative estimate of drug-likeness (QED) is 0.670. The molecule has 0 saturated heterocycles. The average molecular weight is 313 g/mol. The fourth-order valence-electron chi connectivity index (χ4n) is 1.84. The van der Waals surface area contributed by atoms with Gasteiger partial charge in [-0.25, -0.2) is 8.78 Å². The summed E-state index contributed by atoms with van der Waals surface area (Å²) in [6, 6.07) is 6.38. The second kappa shape index (κ2) is 6.05. The van der Waals surface area contributed by atoms with Crippen molar-refractivity contribution in [3.63, 3.8) is 0 Å². The third-order valence-electron chi connectivity index (χ3n) is 2.96. The second-order valence-electron chi connectivity index (χ2n) is 4.48. The van der Waals surface area contributed by atoms with E-state index in [0.29, 0.717) is 16.8 Å². The van der Waals surface area contributed by atoms with Gasteiger partial charge in [-0.2, -0.15) is 0 Å². The van der Waals surface area contributed by atoms with Crippen LogP contribution in [0, 0.1) is 28.7 Å². The first kappa shape index (κ1) is 15.2. The lowest BCUT2D eigenvalue weighted by atomic mass is 10.1. The topological polar surface area (TPSA) is 55.2 Å². The number of hydrogen-bond acceptors (Lipinski definition) is 3. The van der Waals surface area contributed by atoms with Crippen LogP contribution in [0.3, 0.4) is 0 Å². The number of halogens is 3. The van der Waals surface area contributed by atoms with E-state index in [4.69, 9.17) is 11.6 Å². The molecule has 0 aliphatic rings. The highest BCUT2D eigenvalue weighted by molar-refractivity contribution is 6.33. The Morgan fingerprint density at radius 2 is 1.95 bits per heavy atom. The molecule has 0 bridgehead atoms. The van der Waals surface area contributed by atoms with Crippen molar-refractivity contribution in [1.82, 2.24) is 0 Å². The van der Waals surface area contributed by atoms with E-state index in [1.807, 2.05) is 0 Å². The fraction of sp³-hybridized carbons (Fsp3) is 0.143. The van der Waals surface area contributed by atoms with Crippen LogP contribution in [0.5, 0.6) is 0 Å². The Hall–Kier alpha value is -2.21. The van der Waals surface area contributed by atoms with Crippen molar-refractivity contribution in [1.29, 1.82) is 0 Å². The van der Waals surface area contributed by atoms with Crippen LogP contribution in [0.15, 0.2) is 30.3 Å². The second-order valence-corrected chi connectivity index (χ2v) is 4.88. The van der Waals surface area contributed by atoms with Gasteiger partial charge >= 0.3 is 0 Å². The molecule has 0 radical (unpaired) electrons. The largest absolute Gasteiger partial charge is 0.381 e. The zero-order valence-electron chi connectivity index (χ0n) is 11.0. The maximum atomic E-state index is 13.1. The summed E-state index contributed by atoms with van der Waals surface area (Å²) < 4.78 is 25.9. The van der Waals surface area contributed by atoms with Crippen molar-refractivity contribution in [2.45, 2.75) is 13.5 Å². The normalized spacial score (nSPS) is 10.5. The van der Waals surface area contributed by atoms with E-state index in [1.165, 1.54) is 18.2 Å². The zero-order chi connectivity index (χ0) is 15.6. The molecule has 0 aliphatic carbocycles. The number of anilines is 1. The summed E-state index contributed by atoms with van der Waals surface area (Å²) in [6.45, 7) is 1.93. The summed E-state index contributed by atoms with van der Waals surface area (Å²) in [5.41, 5.74) is 1.60. The number of rotatable bonds is 4. The van der Waals surface area contributed by atoms with E-state index in [1.54, 1.807) is 6.92 Å². The minimum atomic E-state index is -0.923. The highest BCUT2D eigenvalue weighted by Crippen LogP contribution is 2.30. The van der Waals surface area contributed by atoms with Gasteiger partial charge in [0.15, 0.2) is 11.6 Å². The van der Waals surface area contributed by atoms with Gasteiger partial charge in [-0.1, -0.05) is 17.7 Å². The maximum Gasteiger partial charge on any atom is 0.288 e. The predicted molar refractivity (Wildman–Crippen MR) is 76.5 cm³/mol. The molecule has 2 rings (SSSR count). The summed E-state index contributed by atoms with van der Waals surface area (Å²) in [7, 11) is 0. The van der Waals surface area contributed by atoms with Crippen LogP contribution in [-0.4, -0.2) is 4.92 Å². The van der Waals surface area contributed by atoms with Crippen molar-refractivity contribution in [2.24, 2.45) is 0 Å². The molecule has 0 aromatic heterocycles. The minimum absolute atomic E-state index is 0.0124. The zero-order valence-corrected chi connectivity index (χ0v) is 11.7. The highest BCUT2D eigenvalue weighted by Gasteiger charge is 2.15. The summed E-state index contributed by atoms with van der Waals surface area (Å²) in [5.74, 6) is -1.83. The lowest BCUT2D eigenvalue weighted by molar-refractivity contribution is -0.384. The molecule has 2 aromatic rings. The molecule has 21 heavy (non-hydrogen) atoms. The third kappa shape index (κ3) is 3.46. The Morgan fingerprint density at radius 3 is 2.57 bits per heavy atom. The third-order valence-corrected chi connectivity index (χ3v) is 3.26. The first-order chi connectivity index (χ1) is 9.88. The van der Waals surface area contributed by atoms with Gasteiger partial charge in [-0.05, 0) is 36.2 Å². The number of benzene rings is 2. The van der Waals surface area contributed by atoms with Crippen LogP contribution >= 0.6 is 11.6 Å². The van der Waals surface area contributed by atoms with Gasteiger partial charge < -0.3 is 5.32 Å².